The SMILES string of the molecule is CCC(C)c1nnc(N(c2ccccc2)c2ccccc2)o1. The van der Waals surface area contributed by atoms with Crippen molar-refractivity contribution in [2.45, 2.75) is 26.2 Å². The van der Waals surface area contributed by atoms with Crippen LogP contribution in [0, 0.1) is 0 Å². The molecule has 0 aliphatic carbocycles. The molecule has 2 aromatic carbocycles. The highest BCUT2D eigenvalue weighted by molar-refractivity contribution is 5.71. The number of rotatable bonds is 5. The average Bonchev–Trinajstić information content (AvgIpc) is 3.06. The van der Waals surface area contributed by atoms with Gasteiger partial charge in [0.15, 0.2) is 0 Å². The van der Waals surface area contributed by atoms with Crippen molar-refractivity contribution in [1.82, 2.24) is 10.2 Å². The zero-order valence-electron chi connectivity index (χ0n) is 12.8. The molecular weight excluding hydrogens is 274 g/mol. The third kappa shape index (κ3) is 2.86. The van der Waals surface area contributed by atoms with Gasteiger partial charge in [-0.3, -0.25) is 4.90 Å². The molecule has 1 aromatic heterocycles. The van der Waals surface area contributed by atoms with Crippen molar-refractivity contribution in [3.63, 3.8) is 0 Å². The van der Waals surface area contributed by atoms with Crippen LogP contribution in [0.1, 0.15) is 32.1 Å². The summed E-state index contributed by atoms with van der Waals surface area (Å²) >= 11 is 0. The minimum absolute atomic E-state index is 0.259. The Hall–Kier alpha value is -2.62. The Kier molecular flexibility index (Phi) is 4.19. The van der Waals surface area contributed by atoms with Crippen molar-refractivity contribution in [1.29, 1.82) is 0 Å². The predicted molar refractivity (Wildman–Crippen MR) is 87.7 cm³/mol. The van der Waals surface area contributed by atoms with Gasteiger partial charge in [0.05, 0.1) is 11.4 Å². The summed E-state index contributed by atoms with van der Waals surface area (Å²) < 4.78 is 5.91. The number of para-hydroxylation sites is 2. The van der Waals surface area contributed by atoms with E-state index in [2.05, 4.69) is 24.0 Å². The zero-order valence-corrected chi connectivity index (χ0v) is 12.8. The molecule has 3 rings (SSSR count). The van der Waals surface area contributed by atoms with Crippen LogP contribution >= 0.6 is 0 Å². The maximum absolute atomic E-state index is 5.91. The van der Waals surface area contributed by atoms with Crippen molar-refractivity contribution in [2.24, 2.45) is 0 Å². The standard InChI is InChI=1S/C18H19N3O/c1-3-14(2)17-19-20-18(22-17)21(15-10-6-4-7-11-15)16-12-8-5-9-13-16/h4-14H,3H2,1-2H3. The lowest BCUT2D eigenvalue weighted by atomic mass is 10.1. The van der Waals surface area contributed by atoms with Gasteiger partial charge in [0.1, 0.15) is 0 Å². The summed E-state index contributed by atoms with van der Waals surface area (Å²) in [6.07, 6.45) is 0.971. The molecule has 0 amide bonds. The molecule has 1 atom stereocenters. The van der Waals surface area contributed by atoms with Gasteiger partial charge in [0.2, 0.25) is 5.89 Å². The minimum Gasteiger partial charge on any atom is -0.407 e. The van der Waals surface area contributed by atoms with Gasteiger partial charge in [-0.05, 0) is 30.7 Å². The van der Waals surface area contributed by atoms with Gasteiger partial charge in [0.25, 0.3) is 0 Å². The van der Waals surface area contributed by atoms with Crippen LogP contribution in [0.4, 0.5) is 17.4 Å². The van der Waals surface area contributed by atoms with Crippen molar-refractivity contribution >= 4 is 17.4 Å². The fourth-order valence-corrected chi connectivity index (χ4v) is 2.21. The third-order valence-electron chi connectivity index (χ3n) is 3.68. The Bertz CT molecular complexity index is 670. The summed E-state index contributed by atoms with van der Waals surface area (Å²) in [5.74, 6) is 0.934. The van der Waals surface area contributed by atoms with Crippen molar-refractivity contribution in [3.05, 3.63) is 66.6 Å². The van der Waals surface area contributed by atoms with E-state index in [-0.39, 0.29) is 5.92 Å². The molecule has 0 fully saturated rings. The summed E-state index contributed by atoms with van der Waals surface area (Å²) in [6.45, 7) is 4.20. The molecule has 1 unspecified atom stereocenters. The van der Waals surface area contributed by atoms with E-state index >= 15 is 0 Å². The second-order valence-electron chi connectivity index (χ2n) is 5.24. The largest absolute Gasteiger partial charge is 0.407 e. The second-order valence-corrected chi connectivity index (χ2v) is 5.24. The molecule has 4 heteroatoms. The molecule has 0 saturated heterocycles. The van der Waals surface area contributed by atoms with E-state index in [0.29, 0.717) is 11.9 Å². The van der Waals surface area contributed by atoms with E-state index in [9.17, 15) is 0 Å². The number of aromatic nitrogens is 2. The van der Waals surface area contributed by atoms with Gasteiger partial charge < -0.3 is 4.42 Å². The van der Waals surface area contributed by atoms with Gasteiger partial charge in [-0.2, -0.15) is 0 Å². The minimum atomic E-state index is 0.259. The number of hydrogen-bond donors (Lipinski definition) is 0. The van der Waals surface area contributed by atoms with Crippen LogP contribution in [0.5, 0.6) is 0 Å². The van der Waals surface area contributed by atoms with Crippen LogP contribution in [0.25, 0.3) is 0 Å². The lowest BCUT2D eigenvalue weighted by molar-refractivity contribution is 0.459. The Morgan fingerprint density at radius 2 is 1.45 bits per heavy atom. The number of anilines is 3. The molecule has 0 bridgehead atoms. The van der Waals surface area contributed by atoms with E-state index in [1.54, 1.807) is 0 Å². The Morgan fingerprint density at radius 3 is 1.95 bits per heavy atom. The molecule has 3 aromatic rings. The first-order chi connectivity index (χ1) is 10.8. The fraction of sp³-hybridized carbons (Fsp3) is 0.222. The van der Waals surface area contributed by atoms with Crippen LogP contribution in [0.15, 0.2) is 65.1 Å². The molecule has 4 nitrogen and oxygen atoms in total. The van der Waals surface area contributed by atoms with Crippen LogP contribution < -0.4 is 4.90 Å². The molecule has 0 aliphatic heterocycles. The molecular formula is C18H19N3O. The normalized spacial score (nSPS) is 12.1. The predicted octanol–water partition coefficient (Wildman–Crippen LogP) is 5.05. The highest BCUT2D eigenvalue weighted by atomic mass is 16.4. The van der Waals surface area contributed by atoms with E-state index in [4.69, 9.17) is 4.42 Å². The number of nitrogens with zero attached hydrogens (tertiary/aromatic N) is 3. The molecule has 0 N–H and O–H groups in total. The van der Waals surface area contributed by atoms with E-state index in [0.717, 1.165) is 17.8 Å². The molecule has 0 aliphatic rings. The highest BCUT2D eigenvalue weighted by Gasteiger charge is 2.20. The summed E-state index contributed by atoms with van der Waals surface area (Å²) in [5, 5.41) is 8.45. The first-order valence-corrected chi connectivity index (χ1v) is 7.53. The van der Waals surface area contributed by atoms with Gasteiger partial charge >= 0.3 is 6.01 Å². The molecule has 112 valence electrons. The molecule has 22 heavy (non-hydrogen) atoms. The fourth-order valence-electron chi connectivity index (χ4n) is 2.21. The van der Waals surface area contributed by atoms with Gasteiger partial charge in [-0.1, -0.05) is 55.3 Å². The van der Waals surface area contributed by atoms with Crippen LogP contribution in [-0.4, -0.2) is 10.2 Å². The van der Waals surface area contributed by atoms with E-state index in [1.807, 2.05) is 65.6 Å². The lowest BCUT2D eigenvalue weighted by Crippen LogP contribution is -2.10. The summed E-state index contributed by atoms with van der Waals surface area (Å²) in [7, 11) is 0. The first-order valence-electron chi connectivity index (χ1n) is 7.53. The monoisotopic (exact) mass is 293 g/mol. The molecule has 0 saturated carbocycles. The van der Waals surface area contributed by atoms with Crippen LogP contribution in [0.2, 0.25) is 0 Å². The topological polar surface area (TPSA) is 42.2 Å². The number of hydrogen-bond acceptors (Lipinski definition) is 4. The van der Waals surface area contributed by atoms with Crippen molar-refractivity contribution in [3.8, 4) is 0 Å². The summed E-state index contributed by atoms with van der Waals surface area (Å²) in [4.78, 5) is 1.97. The summed E-state index contributed by atoms with van der Waals surface area (Å²) in [5.41, 5.74) is 1.99. The lowest BCUT2D eigenvalue weighted by Gasteiger charge is -2.20. The Morgan fingerprint density at radius 1 is 0.909 bits per heavy atom. The first kappa shape index (κ1) is 14.3. The van der Waals surface area contributed by atoms with E-state index in [1.165, 1.54) is 0 Å². The Balaban J connectivity index is 2.04. The maximum Gasteiger partial charge on any atom is 0.327 e. The highest BCUT2D eigenvalue weighted by Crippen LogP contribution is 2.34. The molecule has 1 heterocycles. The molecule has 0 spiro atoms. The third-order valence-corrected chi connectivity index (χ3v) is 3.68. The molecule has 0 radical (unpaired) electrons. The van der Waals surface area contributed by atoms with Crippen molar-refractivity contribution < 1.29 is 4.42 Å². The zero-order chi connectivity index (χ0) is 15.4. The quantitative estimate of drug-likeness (QED) is 0.660. The Labute approximate surface area is 130 Å². The maximum atomic E-state index is 5.91. The summed E-state index contributed by atoms with van der Waals surface area (Å²) in [6, 6.07) is 20.6. The number of benzene rings is 2. The van der Waals surface area contributed by atoms with Crippen molar-refractivity contribution in [2.75, 3.05) is 4.90 Å². The van der Waals surface area contributed by atoms with Gasteiger partial charge in [-0.25, -0.2) is 0 Å². The smallest absolute Gasteiger partial charge is 0.327 e. The van der Waals surface area contributed by atoms with Gasteiger partial charge in [0, 0.05) is 5.92 Å². The van der Waals surface area contributed by atoms with Crippen LogP contribution in [0.3, 0.4) is 0 Å². The van der Waals surface area contributed by atoms with E-state index < -0.39 is 0 Å². The second kappa shape index (κ2) is 6.43. The average molecular weight is 293 g/mol. The van der Waals surface area contributed by atoms with Gasteiger partial charge in [-0.15, -0.1) is 5.10 Å². The van der Waals surface area contributed by atoms with Crippen LogP contribution in [-0.2, 0) is 0 Å².